The van der Waals surface area contributed by atoms with Crippen LogP contribution in [0.2, 0.25) is 0 Å². The zero-order chi connectivity index (χ0) is 16.8. The fourth-order valence-corrected chi connectivity index (χ4v) is 2.27. The number of amides is 1. The second-order valence-electron chi connectivity index (χ2n) is 5.15. The molecule has 2 N–H and O–H groups in total. The maximum absolute atomic E-state index is 12.6. The van der Waals surface area contributed by atoms with Crippen LogP contribution in [0.5, 0.6) is 0 Å². The van der Waals surface area contributed by atoms with E-state index in [0.717, 1.165) is 5.69 Å². The molecule has 1 amide bonds. The molecule has 0 bridgehead atoms. The van der Waals surface area contributed by atoms with Gasteiger partial charge >= 0.3 is 0 Å². The van der Waals surface area contributed by atoms with Crippen molar-refractivity contribution in [2.45, 2.75) is 6.92 Å². The van der Waals surface area contributed by atoms with Gasteiger partial charge in [0.15, 0.2) is 0 Å². The third kappa shape index (κ3) is 4.47. The summed E-state index contributed by atoms with van der Waals surface area (Å²) >= 11 is 0. The van der Waals surface area contributed by atoms with Crippen molar-refractivity contribution in [2.75, 3.05) is 32.1 Å². The molecular formula is C16H23ClN4O3. The van der Waals surface area contributed by atoms with E-state index < -0.39 is 0 Å². The van der Waals surface area contributed by atoms with E-state index in [9.17, 15) is 9.59 Å². The van der Waals surface area contributed by atoms with Crippen molar-refractivity contribution in [1.82, 2.24) is 14.7 Å². The van der Waals surface area contributed by atoms with Crippen LogP contribution >= 0.6 is 12.4 Å². The number of hydrogen-bond donors (Lipinski definition) is 2. The van der Waals surface area contributed by atoms with Crippen LogP contribution in [-0.2, 0) is 16.6 Å². The Kier molecular flexibility index (Phi) is 7.70. The largest absolute Gasteiger partial charge is 0.383 e. The normalized spacial score (nSPS) is 10.3. The quantitative estimate of drug-likeness (QED) is 0.729. The number of hydrogen-bond acceptors (Lipinski definition) is 4. The molecule has 0 radical (unpaired) electrons. The van der Waals surface area contributed by atoms with E-state index in [2.05, 4.69) is 10.6 Å². The first-order valence-electron chi connectivity index (χ1n) is 7.39. The minimum Gasteiger partial charge on any atom is -0.383 e. The highest BCUT2D eigenvalue weighted by Crippen LogP contribution is 2.13. The van der Waals surface area contributed by atoms with Crippen LogP contribution in [0.25, 0.3) is 5.69 Å². The van der Waals surface area contributed by atoms with Crippen molar-refractivity contribution in [2.24, 2.45) is 7.05 Å². The maximum atomic E-state index is 12.6. The molecule has 0 aliphatic carbocycles. The maximum Gasteiger partial charge on any atom is 0.295 e. The lowest BCUT2D eigenvalue weighted by atomic mass is 10.3. The van der Waals surface area contributed by atoms with Crippen molar-refractivity contribution >= 4 is 24.0 Å². The third-order valence-electron chi connectivity index (χ3n) is 3.59. The van der Waals surface area contributed by atoms with Crippen molar-refractivity contribution in [3.8, 4) is 5.69 Å². The van der Waals surface area contributed by atoms with Crippen molar-refractivity contribution in [3.05, 3.63) is 46.4 Å². The lowest BCUT2D eigenvalue weighted by molar-refractivity contribution is -0.115. The Hall–Kier alpha value is -2.09. The summed E-state index contributed by atoms with van der Waals surface area (Å²) in [7, 11) is 3.39. The molecule has 7 nitrogen and oxygen atoms in total. The molecule has 0 fully saturated rings. The Morgan fingerprint density at radius 1 is 1.25 bits per heavy atom. The first-order valence-corrected chi connectivity index (χ1v) is 7.39. The van der Waals surface area contributed by atoms with Crippen LogP contribution in [0.3, 0.4) is 0 Å². The lowest BCUT2D eigenvalue weighted by Gasteiger charge is -2.07. The summed E-state index contributed by atoms with van der Waals surface area (Å²) in [6.07, 6.45) is 0. The number of nitrogens with one attached hydrogen (secondary N) is 2. The molecule has 1 aromatic carbocycles. The molecule has 0 aliphatic rings. The Labute approximate surface area is 147 Å². The van der Waals surface area contributed by atoms with Crippen LogP contribution in [0, 0.1) is 6.92 Å². The van der Waals surface area contributed by atoms with Gasteiger partial charge in [-0.1, -0.05) is 18.2 Å². The van der Waals surface area contributed by atoms with Crippen molar-refractivity contribution in [1.29, 1.82) is 0 Å². The van der Waals surface area contributed by atoms with Gasteiger partial charge in [-0.2, -0.15) is 0 Å². The number of aromatic nitrogens is 2. The van der Waals surface area contributed by atoms with Gasteiger partial charge in [0.1, 0.15) is 5.69 Å². The summed E-state index contributed by atoms with van der Waals surface area (Å²) < 4.78 is 8.16. The number of methoxy groups -OCH3 is 1. The molecular weight excluding hydrogens is 332 g/mol. The average molecular weight is 355 g/mol. The zero-order valence-electron chi connectivity index (χ0n) is 14.0. The number of nitrogens with zero attached hydrogens (tertiary/aromatic N) is 2. The number of para-hydroxylation sites is 1. The standard InChI is InChI=1S/C16H22N4O3.ClH/c1-12-15(18-14(21)11-17-9-10-23-3)16(22)20(19(12)2)13-7-5-4-6-8-13;/h4-8,17H,9-11H2,1-3H3,(H,18,21);1H. The number of carbonyl (C=O) groups is 1. The highest BCUT2D eigenvalue weighted by Gasteiger charge is 2.17. The first kappa shape index (κ1) is 20.0. The molecule has 8 heteroatoms. The number of rotatable bonds is 7. The smallest absolute Gasteiger partial charge is 0.295 e. The first-order chi connectivity index (χ1) is 11.1. The summed E-state index contributed by atoms with van der Waals surface area (Å²) in [5, 5.41) is 5.64. The summed E-state index contributed by atoms with van der Waals surface area (Å²) in [6, 6.07) is 9.31. The minimum absolute atomic E-state index is 0. The Balaban J connectivity index is 0.00000288. The zero-order valence-corrected chi connectivity index (χ0v) is 14.9. The number of halogens is 1. The van der Waals surface area contributed by atoms with Gasteiger partial charge < -0.3 is 15.4 Å². The van der Waals surface area contributed by atoms with Crippen LogP contribution < -0.4 is 16.2 Å². The molecule has 24 heavy (non-hydrogen) atoms. The topological polar surface area (TPSA) is 77.3 Å². The molecule has 132 valence electrons. The molecule has 0 saturated carbocycles. The molecule has 2 rings (SSSR count). The van der Waals surface area contributed by atoms with E-state index in [-0.39, 0.29) is 30.4 Å². The predicted molar refractivity (Wildman–Crippen MR) is 96.4 cm³/mol. The monoisotopic (exact) mass is 354 g/mol. The summed E-state index contributed by atoms with van der Waals surface area (Å²) in [6.45, 7) is 3.03. The van der Waals surface area contributed by atoms with Crippen LogP contribution in [0.15, 0.2) is 35.1 Å². The van der Waals surface area contributed by atoms with Gasteiger partial charge in [-0.3, -0.25) is 14.3 Å². The Morgan fingerprint density at radius 3 is 2.54 bits per heavy atom. The fourth-order valence-electron chi connectivity index (χ4n) is 2.27. The fraction of sp³-hybridized carbons (Fsp3) is 0.375. The van der Waals surface area contributed by atoms with Crippen LogP contribution in [0.4, 0.5) is 5.69 Å². The van der Waals surface area contributed by atoms with Gasteiger partial charge in [0.05, 0.1) is 24.5 Å². The van der Waals surface area contributed by atoms with Crippen LogP contribution in [-0.4, -0.2) is 42.1 Å². The van der Waals surface area contributed by atoms with E-state index in [1.807, 2.05) is 30.3 Å². The van der Waals surface area contributed by atoms with Gasteiger partial charge in [0, 0.05) is 20.7 Å². The molecule has 1 aromatic heterocycles. The van der Waals surface area contributed by atoms with Gasteiger partial charge in [0.25, 0.3) is 5.56 Å². The second-order valence-corrected chi connectivity index (χ2v) is 5.15. The highest BCUT2D eigenvalue weighted by atomic mass is 35.5. The average Bonchev–Trinajstić information content (AvgIpc) is 2.76. The molecule has 2 aromatic rings. The third-order valence-corrected chi connectivity index (χ3v) is 3.59. The van der Waals surface area contributed by atoms with Gasteiger partial charge in [-0.05, 0) is 19.1 Å². The lowest BCUT2D eigenvalue weighted by Crippen LogP contribution is -2.32. The van der Waals surface area contributed by atoms with E-state index in [1.165, 1.54) is 4.68 Å². The summed E-state index contributed by atoms with van der Waals surface area (Å²) in [5.74, 6) is -0.257. The second kappa shape index (κ2) is 9.27. The molecule has 0 atom stereocenters. The number of ether oxygens (including phenoxy) is 1. The van der Waals surface area contributed by atoms with E-state index >= 15 is 0 Å². The highest BCUT2D eigenvalue weighted by molar-refractivity contribution is 5.92. The number of anilines is 1. The molecule has 0 saturated heterocycles. The van der Waals surface area contributed by atoms with E-state index in [0.29, 0.717) is 24.5 Å². The van der Waals surface area contributed by atoms with Gasteiger partial charge in [-0.25, -0.2) is 4.68 Å². The Morgan fingerprint density at radius 2 is 1.92 bits per heavy atom. The molecule has 1 heterocycles. The van der Waals surface area contributed by atoms with Crippen LogP contribution in [0.1, 0.15) is 5.69 Å². The molecule has 0 aliphatic heterocycles. The Bertz CT molecular complexity index is 725. The predicted octanol–water partition coefficient (Wildman–Crippen LogP) is 1.08. The number of benzene rings is 1. The van der Waals surface area contributed by atoms with Crippen molar-refractivity contribution < 1.29 is 9.53 Å². The minimum atomic E-state index is -0.257. The SMILES string of the molecule is COCCNCC(=O)Nc1c(C)n(C)n(-c2ccccc2)c1=O.Cl. The molecule has 0 unspecified atom stereocenters. The van der Waals surface area contributed by atoms with E-state index in [1.54, 1.807) is 25.8 Å². The number of carbonyl (C=O) groups excluding carboxylic acids is 1. The van der Waals surface area contributed by atoms with Gasteiger partial charge in [-0.15, -0.1) is 12.4 Å². The summed E-state index contributed by atoms with van der Waals surface area (Å²) in [5.41, 5.74) is 1.50. The summed E-state index contributed by atoms with van der Waals surface area (Å²) in [4.78, 5) is 24.6. The van der Waals surface area contributed by atoms with Gasteiger partial charge in [0.2, 0.25) is 5.91 Å². The van der Waals surface area contributed by atoms with E-state index in [4.69, 9.17) is 4.74 Å². The van der Waals surface area contributed by atoms with Crippen molar-refractivity contribution in [3.63, 3.8) is 0 Å². The molecule has 0 spiro atoms.